The van der Waals surface area contributed by atoms with Gasteiger partial charge in [-0.05, 0) is 40.5 Å². The number of aromatic nitrogens is 3. The van der Waals surface area contributed by atoms with Gasteiger partial charge in [-0.2, -0.15) is 0 Å². The van der Waals surface area contributed by atoms with Crippen molar-refractivity contribution >= 4 is 0 Å². The lowest BCUT2D eigenvalue weighted by molar-refractivity contribution is 0.175. The minimum absolute atomic E-state index is 0.595. The Labute approximate surface area is 122 Å². The number of hydrogen-bond donors (Lipinski definition) is 1. The van der Waals surface area contributed by atoms with Gasteiger partial charge in [0, 0.05) is 38.1 Å². The molecule has 1 aliphatic rings. The van der Waals surface area contributed by atoms with Crippen LogP contribution in [-0.2, 0) is 19.5 Å². The van der Waals surface area contributed by atoms with Crippen LogP contribution in [0.4, 0.5) is 0 Å². The van der Waals surface area contributed by atoms with Crippen LogP contribution in [0.2, 0.25) is 0 Å². The van der Waals surface area contributed by atoms with Crippen LogP contribution < -0.4 is 5.32 Å². The molecule has 2 rings (SSSR count). The van der Waals surface area contributed by atoms with E-state index in [1.165, 1.54) is 18.7 Å². The van der Waals surface area contributed by atoms with Gasteiger partial charge in [-0.3, -0.25) is 4.90 Å². The standard InChI is InChI=1S/C15H29N5/c1-12(2)19(13(3)4)10-8-16-11-15-18-17-14-7-5-6-9-20(14)15/h12-13,16H,5-11H2,1-4H3. The molecule has 0 aliphatic carbocycles. The first-order chi connectivity index (χ1) is 9.59. The Morgan fingerprint density at radius 3 is 2.60 bits per heavy atom. The molecule has 0 saturated carbocycles. The normalized spacial score (nSPS) is 15.3. The zero-order chi connectivity index (χ0) is 14.5. The zero-order valence-electron chi connectivity index (χ0n) is 13.4. The SMILES string of the molecule is CC(C)N(CCNCc1nnc2n1CCCC2)C(C)C. The first kappa shape index (κ1) is 15.4. The van der Waals surface area contributed by atoms with Crippen LogP contribution in [-0.4, -0.2) is 44.8 Å². The predicted octanol–water partition coefficient (Wildman–Crippen LogP) is 1.82. The summed E-state index contributed by atoms with van der Waals surface area (Å²) in [6, 6.07) is 1.19. The monoisotopic (exact) mass is 279 g/mol. The highest BCUT2D eigenvalue weighted by molar-refractivity contribution is 4.98. The number of nitrogens with zero attached hydrogens (tertiary/aromatic N) is 4. The van der Waals surface area contributed by atoms with Gasteiger partial charge in [0.1, 0.15) is 11.6 Å². The Morgan fingerprint density at radius 2 is 1.90 bits per heavy atom. The summed E-state index contributed by atoms with van der Waals surface area (Å²) in [4.78, 5) is 2.51. The number of fused-ring (bicyclic) bond motifs is 1. The summed E-state index contributed by atoms with van der Waals surface area (Å²) in [5, 5.41) is 12.1. The van der Waals surface area contributed by atoms with Gasteiger partial charge in [0.15, 0.2) is 0 Å². The lowest BCUT2D eigenvalue weighted by Crippen LogP contribution is -2.41. The van der Waals surface area contributed by atoms with E-state index in [1.807, 2.05) is 0 Å². The molecule has 20 heavy (non-hydrogen) atoms. The van der Waals surface area contributed by atoms with E-state index in [2.05, 4.69) is 52.7 Å². The molecule has 0 radical (unpaired) electrons. The second-order valence-electron chi connectivity index (χ2n) is 6.24. The maximum atomic E-state index is 4.32. The number of aryl methyl sites for hydroxylation is 1. The lowest BCUT2D eigenvalue weighted by atomic mass is 10.2. The van der Waals surface area contributed by atoms with E-state index in [-0.39, 0.29) is 0 Å². The molecular weight excluding hydrogens is 250 g/mol. The fraction of sp³-hybridized carbons (Fsp3) is 0.867. The van der Waals surface area contributed by atoms with E-state index in [0.29, 0.717) is 12.1 Å². The van der Waals surface area contributed by atoms with Crippen LogP contribution in [0.5, 0.6) is 0 Å². The molecule has 0 spiro atoms. The van der Waals surface area contributed by atoms with Crippen LogP contribution in [0.15, 0.2) is 0 Å². The van der Waals surface area contributed by atoms with Gasteiger partial charge in [-0.1, -0.05) is 0 Å². The van der Waals surface area contributed by atoms with Crippen LogP contribution in [0.3, 0.4) is 0 Å². The van der Waals surface area contributed by atoms with E-state index in [4.69, 9.17) is 0 Å². The summed E-state index contributed by atoms with van der Waals surface area (Å²) in [7, 11) is 0. The van der Waals surface area contributed by atoms with Crippen molar-refractivity contribution in [1.29, 1.82) is 0 Å². The topological polar surface area (TPSA) is 46.0 Å². The van der Waals surface area contributed by atoms with Gasteiger partial charge in [0.25, 0.3) is 0 Å². The van der Waals surface area contributed by atoms with Gasteiger partial charge in [-0.15, -0.1) is 10.2 Å². The van der Waals surface area contributed by atoms with Crippen LogP contribution in [0.1, 0.15) is 52.2 Å². The zero-order valence-corrected chi connectivity index (χ0v) is 13.4. The molecule has 5 nitrogen and oxygen atoms in total. The van der Waals surface area contributed by atoms with Gasteiger partial charge < -0.3 is 9.88 Å². The molecule has 0 atom stereocenters. The van der Waals surface area contributed by atoms with E-state index in [0.717, 1.165) is 38.4 Å². The number of hydrogen-bond acceptors (Lipinski definition) is 4. The van der Waals surface area contributed by atoms with Gasteiger partial charge in [0.2, 0.25) is 0 Å². The van der Waals surface area contributed by atoms with Crippen molar-refractivity contribution < 1.29 is 0 Å². The third-order valence-electron chi connectivity index (χ3n) is 4.09. The molecule has 0 aromatic carbocycles. The van der Waals surface area contributed by atoms with Crippen molar-refractivity contribution in [1.82, 2.24) is 25.0 Å². The summed E-state index contributed by atoms with van der Waals surface area (Å²) < 4.78 is 2.29. The fourth-order valence-electron chi connectivity index (χ4n) is 3.02. The average molecular weight is 279 g/mol. The maximum Gasteiger partial charge on any atom is 0.147 e. The molecule has 5 heteroatoms. The lowest BCUT2D eigenvalue weighted by Gasteiger charge is -2.30. The molecule has 0 fully saturated rings. The Hall–Kier alpha value is -0.940. The van der Waals surface area contributed by atoms with Crippen LogP contribution in [0.25, 0.3) is 0 Å². The Balaban J connectivity index is 1.77. The first-order valence-electron chi connectivity index (χ1n) is 7.97. The largest absolute Gasteiger partial charge is 0.314 e. The molecule has 0 saturated heterocycles. The Kier molecular flexibility index (Phi) is 5.54. The molecule has 0 unspecified atom stereocenters. The summed E-state index contributed by atoms with van der Waals surface area (Å²) >= 11 is 0. The van der Waals surface area contributed by atoms with E-state index < -0.39 is 0 Å². The van der Waals surface area contributed by atoms with E-state index in [9.17, 15) is 0 Å². The van der Waals surface area contributed by atoms with Crippen LogP contribution >= 0.6 is 0 Å². The van der Waals surface area contributed by atoms with Crippen molar-refractivity contribution in [3.63, 3.8) is 0 Å². The summed E-state index contributed by atoms with van der Waals surface area (Å²) in [5.74, 6) is 2.26. The Bertz CT molecular complexity index is 402. The summed E-state index contributed by atoms with van der Waals surface area (Å²) in [6.07, 6.45) is 3.59. The first-order valence-corrected chi connectivity index (χ1v) is 7.97. The average Bonchev–Trinajstić information content (AvgIpc) is 2.81. The molecule has 0 bridgehead atoms. The number of rotatable bonds is 7. The third kappa shape index (κ3) is 3.79. The summed E-state index contributed by atoms with van der Waals surface area (Å²) in [5.41, 5.74) is 0. The molecule has 2 heterocycles. The van der Waals surface area contributed by atoms with Crippen molar-refractivity contribution in [3.05, 3.63) is 11.6 Å². The Morgan fingerprint density at radius 1 is 1.15 bits per heavy atom. The molecule has 0 amide bonds. The van der Waals surface area contributed by atoms with Gasteiger partial charge >= 0.3 is 0 Å². The molecule has 1 N–H and O–H groups in total. The quantitative estimate of drug-likeness (QED) is 0.773. The fourth-order valence-corrected chi connectivity index (χ4v) is 3.02. The molecular formula is C15H29N5. The minimum atomic E-state index is 0.595. The third-order valence-corrected chi connectivity index (χ3v) is 4.09. The van der Waals surface area contributed by atoms with Crippen molar-refractivity contribution in [3.8, 4) is 0 Å². The molecule has 1 aromatic rings. The van der Waals surface area contributed by atoms with Gasteiger partial charge in [0.05, 0.1) is 6.54 Å². The minimum Gasteiger partial charge on any atom is -0.314 e. The van der Waals surface area contributed by atoms with Crippen molar-refractivity contribution in [2.75, 3.05) is 13.1 Å². The molecule has 1 aliphatic heterocycles. The highest BCUT2D eigenvalue weighted by Crippen LogP contribution is 2.13. The smallest absolute Gasteiger partial charge is 0.147 e. The highest BCUT2D eigenvalue weighted by atomic mass is 15.3. The molecule has 114 valence electrons. The maximum absolute atomic E-state index is 4.32. The van der Waals surface area contributed by atoms with Crippen molar-refractivity contribution in [2.24, 2.45) is 0 Å². The van der Waals surface area contributed by atoms with Crippen molar-refractivity contribution in [2.45, 2.75) is 72.1 Å². The van der Waals surface area contributed by atoms with E-state index in [1.54, 1.807) is 0 Å². The second kappa shape index (κ2) is 7.18. The van der Waals surface area contributed by atoms with E-state index >= 15 is 0 Å². The van der Waals surface area contributed by atoms with Crippen LogP contribution in [0, 0.1) is 0 Å². The molecule has 1 aromatic heterocycles. The van der Waals surface area contributed by atoms with Gasteiger partial charge in [-0.25, -0.2) is 0 Å². The summed E-state index contributed by atoms with van der Waals surface area (Å²) in [6.45, 7) is 13.0. The second-order valence-corrected chi connectivity index (χ2v) is 6.24. The highest BCUT2D eigenvalue weighted by Gasteiger charge is 2.16. The number of nitrogens with one attached hydrogen (secondary N) is 1. The predicted molar refractivity (Wildman–Crippen MR) is 81.6 cm³/mol.